The molecule has 0 fully saturated rings. The first kappa shape index (κ1) is 14.1. The van der Waals surface area contributed by atoms with Crippen LogP contribution in [0.5, 0.6) is 5.88 Å². The number of hydrogen-bond acceptors (Lipinski definition) is 7. The first-order valence-corrected chi connectivity index (χ1v) is 7.70. The molecular formula is C12H15N3O2S2. The summed E-state index contributed by atoms with van der Waals surface area (Å²) >= 11 is 2.78. The Balaban J connectivity index is 1.71. The molecule has 7 heteroatoms. The van der Waals surface area contributed by atoms with Gasteiger partial charge in [0.15, 0.2) is 0 Å². The summed E-state index contributed by atoms with van der Waals surface area (Å²) in [6.07, 6.45) is 2.98. The molecule has 1 heterocycles. The Morgan fingerprint density at radius 2 is 2.21 bits per heavy atom. The molecule has 2 N–H and O–H groups in total. The van der Waals surface area contributed by atoms with Crippen molar-refractivity contribution in [2.75, 3.05) is 24.7 Å². The lowest BCUT2D eigenvalue weighted by molar-refractivity contribution is 0.115. The van der Waals surface area contributed by atoms with E-state index in [0.717, 1.165) is 17.4 Å². The number of anilines is 1. The van der Waals surface area contributed by atoms with Gasteiger partial charge in [0, 0.05) is 17.1 Å². The Kier molecular flexibility index (Phi) is 5.44. The minimum atomic E-state index is -0.595. The first-order valence-electron chi connectivity index (χ1n) is 5.74. The number of benzene rings is 1. The quantitative estimate of drug-likeness (QED) is 0.763. The minimum absolute atomic E-state index is 0.196. The zero-order valence-electron chi connectivity index (χ0n) is 10.4. The first-order chi connectivity index (χ1) is 9.28. The second-order valence-corrected chi connectivity index (χ2v) is 5.26. The van der Waals surface area contributed by atoms with E-state index in [4.69, 9.17) is 4.74 Å². The molecule has 0 aliphatic heterocycles. The van der Waals surface area contributed by atoms with Gasteiger partial charge in [-0.2, -0.15) is 4.37 Å². The van der Waals surface area contributed by atoms with Gasteiger partial charge in [0.2, 0.25) is 5.88 Å². The molecule has 0 bridgehead atoms. The number of nitrogens with one attached hydrogen (secondary N) is 1. The monoisotopic (exact) mass is 297 g/mol. The number of ether oxygens (including phenoxy) is 1. The Morgan fingerprint density at radius 3 is 2.84 bits per heavy atom. The van der Waals surface area contributed by atoms with E-state index in [-0.39, 0.29) is 6.61 Å². The fourth-order valence-electron chi connectivity index (χ4n) is 1.40. The van der Waals surface area contributed by atoms with Crippen molar-refractivity contribution in [1.82, 2.24) is 8.75 Å². The Labute approximate surface area is 120 Å². The van der Waals surface area contributed by atoms with E-state index < -0.39 is 6.10 Å². The number of rotatable bonds is 7. The third-order valence-electron chi connectivity index (χ3n) is 2.40. The van der Waals surface area contributed by atoms with Gasteiger partial charge in [-0.3, -0.25) is 0 Å². The highest BCUT2D eigenvalue weighted by atomic mass is 32.2. The van der Waals surface area contributed by atoms with E-state index in [2.05, 4.69) is 14.1 Å². The van der Waals surface area contributed by atoms with Gasteiger partial charge in [0.1, 0.15) is 18.9 Å². The van der Waals surface area contributed by atoms with E-state index >= 15 is 0 Å². The second kappa shape index (κ2) is 7.32. The third kappa shape index (κ3) is 4.70. The highest BCUT2D eigenvalue weighted by Crippen LogP contribution is 2.17. The molecule has 1 aromatic carbocycles. The van der Waals surface area contributed by atoms with Crippen LogP contribution in [0.15, 0.2) is 35.4 Å². The molecule has 2 rings (SSSR count). The molecule has 0 saturated carbocycles. The number of aromatic nitrogens is 2. The van der Waals surface area contributed by atoms with Crippen molar-refractivity contribution in [2.45, 2.75) is 11.0 Å². The highest BCUT2D eigenvalue weighted by Gasteiger charge is 2.06. The van der Waals surface area contributed by atoms with Crippen LogP contribution in [0.25, 0.3) is 0 Å². The summed E-state index contributed by atoms with van der Waals surface area (Å²) in [5, 5.41) is 12.9. The molecule has 0 amide bonds. The Hall–Kier alpha value is -1.31. The molecule has 102 valence electrons. The summed E-state index contributed by atoms with van der Waals surface area (Å²) in [5.74, 6) is 0.452. The molecule has 0 aliphatic rings. The van der Waals surface area contributed by atoms with E-state index in [1.807, 2.05) is 30.5 Å². The molecule has 19 heavy (non-hydrogen) atoms. The van der Waals surface area contributed by atoms with Crippen LogP contribution in [-0.2, 0) is 0 Å². The maximum absolute atomic E-state index is 9.77. The number of aliphatic hydroxyl groups excluding tert-OH is 1. The fourth-order valence-corrected chi connectivity index (χ4v) is 2.18. The smallest absolute Gasteiger partial charge is 0.245 e. The zero-order valence-corrected chi connectivity index (χ0v) is 12.1. The highest BCUT2D eigenvalue weighted by molar-refractivity contribution is 7.98. The number of aliphatic hydroxyl groups is 1. The van der Waals surface area contributed by atoms with E-state index in [1.165, 1.54) is 11.1 Å². The van der Waals surface area contributed by atoms with Crippen molar-refractivity contribution in [3.63, 3.8) is 0 Å². The lowest BCUT2D eigenvalue weighted by atomic mass is 10.3. The van der Waals surface area contributed by atoms with Crippen LogP contribution in [0, 0.1) is 0 Å². The minimum Gasteiger partial charge on any atom is -0.473 e. The van der Waals surface area contributed by atoms with E-state index in [9.17, 15) is 5.11 Å². The molecule has 1 atom stereocenters. The molecule has 1 unspecified atom stereocenters. The van der Waals surface area contributed by atoms with Crippen molar-refractivity contribution in [3.8, 4) is 5.88 Å². The van der Waals surface area contributed by atoms with Crippen molar-refractivity contribution in [2.24, 2.45) is 0 Å². The normalized spacial score (nSPS) is 12.1. The van der Waals surface area contributed by atoms with Crippen LogP contribution in [-0.4, -0.2) is 39.4 Å². The zero-order chi connectivity index (χ0) is 13.5. The summed E-state index contributed by atoms with van der Waals surface area (Å²) in [5.41, 5.74) is 0.979. The summed E-state index contributed by atoms with van der Waals surface area (Å²) in [6, 6.07) is 8.06. The van der Waals surface area contributed by atoms with Crippen molar-refractivity contribution < 1.29 is 9.84 Å². The molecule has 1 aromatic heterocycles. The summed E-state index contributed by atoms with van der Waals surface area (Å²) in [6.45, 7) is 0.623. The summed E-state index contributed by atoms with van der Waals surface area (Å²) in [4.78, 5) is 1.21. The van der Waals surface area contributed by atoms with Gasteiger partial charge in [-0.05, 0) is 30.5 Å². The molecular weight excluding hydrogens is 282 g/mol. The van der Waals surface area contributed by atoms with Crippen LogP contribution in [0.1, 0.15) is 0 Å². The second-order valence-electron chi connectivity index (χ2n) is 3.82. The number of hydrogen-bond donors (Lipinski definition) is 2. The average molecular weight is 297 g/mol. The SMILES string of the molecule is CSc1ccc(NCC(O)COc2cnsn2)cc1. The lowest BCUT2D eigenvalue weighted by Gasteiger charge is -2.12. The van der Waals surface area contributed by atoms with Gasteiger partial charge in [0.25, 0.3) is 0 Å². The molecule has 2 aromatic rings. The van der Waals surface area contributed by atoms with Gasteiger partial charge in [-0.1, -0.05) is 0 Å². The summed E-state index contributed by atoms with van der Waals surface area (Å²) < 4.78 is 13.0. The number of nitrogens with zero attached hydrogens (tertiary/aromatic N) is 2. The summed E-state index contributed by atoms with van der Waals surface area (Å²) in [7, 11) is 0. The predicted octanol–water partition coefficient (Wildman–Crippen LogP) is 2.11. The molecule has 0 saturated heterocycles. The van der Waals surface area contributed by atoms with Crippen LogP contribution < -0.4 is 10.1 Å². The molecule has 0 radical (unpaired) electrons. The van der Waals surface area contributed by atoms with E-state index in [0.29, 0.717) is 12.4 Å². The van der Waals surface area contributed by atoms with Crippen LogP contribution in [0.3, 0.4) is 0 Å². The van der Waals surface area contributed by atoms with Crippen LogP contribution >= 0.6 is 23.5 Å². The number of thioether (sulfide) groups is 1. The topological polar surface area (TPSA) is 67.3 Å². The van der Waals surface area contributed by atoms with Gasteiger partial charge < -0.3 is 15.2 Å². The maximum Gasteiger partial charge on any atom is 0.245 e. The van der Waals surface area contributed by atoms with Gasteiger partial charge in [-0.25, -0.2) is 0 Å². The van der Waals surface area contributed by atoms with Crippen molar-refractivity contribution in [3.05, 3.63) is 30.5 Å². The molecule has 5 nitrogen and oxygen atoms in total. The van der Waals surface area contributed by atoms with Crippen LogP contribution in [0.4, 0.5) is 5.69 Å². The van der Waals surface area contributed by atoms with E-state index in [1.54, 1.807) is 11.8 Å². The van der Waals surface area contributed by atoms with Gasteiger partial charge in [0.05, 0.1) is 11.7 Å². The van der Waals surface area contributed by atoms with Crippen molar-refractivity contribution >= 4 is 29.2 Å². The van der Waals surface area contributed by atoms with Gasteiger partial charge in [-0.15, -0.1) is 16.1 Å². The standard InChI is InChI=1S/C12H15N3O2S2/c1-18-11-4-2-9(3-5-11)13-6-10(16)8-17-12-7-14-19-15-12/h2-5,7,10,13,16H,6,8H2,1H3. The third-order valence-corrected chi connectivity index (χ3v) is 3.60. The largest absolute Gasteiger partial charge is 0.473 e. The van der Waals surface area contributed by atoms with Crippen molar-refractivity contribution in [1.29, 1.82) is 0 Å². The Morgan fingerprint density at radius 1 is 1.42 bits per heavy atom. The maximum atomic E-state index is 9.77. The average Bonchev–Trinajstić information content (AvgIpc) is 2.96. The molecule has 0 aliphatic carbocycles. The van der Waals surface area contributed by atoms with Gasteiger partial charge >= 0.3 is 0 Å². The lowest BCUT2D eigenvalue weighted by Crippen LogP contribution is -2.26. The Bertz CT molecular complexity index is 476. The fraction of sp³-hybridized carbons (Fsp3) is 0.333. The van der Waals surface area contributed by atoms with Crippen LogP contribution in [0.2, 0.25) is 0 Å². The molecule has 0 spiro atoms. The predicted molar refractivity (Wildman–Crippen MR) is 78.1 cm³/mol.